The average Bonchev–Trinajstić information content (AvgIpc) is 2.28. The Hall–Kier alpha value is -1.07. The van der Waals surface area contributed by atoms with E-state index in [-0.39, 0.29) is 0 Å². The van der Waals surface area contributed by atoms with Gasteiger partial charge in [-0.1, -0.05) is 26.0 Å². The highest BCUT2D eigenvalue weighted by Crippen LogP contribution is 2.27. The second kappa shape index (κ2) is 5.71. The van der Waals surface area contributed by atoms with Crippen LogP contribution < -0.4 is 5.73 Å². The minimum atomic E-state index is 0.471. The van der Waals surface area contributed by atoms with E-state index in [4.69, 9.17) is 5.73 Å². The molecule has 0 spiro atoms. The van der Waals surface area contributed by atoms with E-state index >= 15 is 0 Å². The molecular formula is C13H14BrN3S. The molecule has 0 saturated heterocycles. The SMILES string of the molecule is CC(C)c1ccc(Sc2nc(N)cc(Br)n2)cc1. The van der Waals surface area contributed by atoms with Gasteiger partial charge in [0.1, 0.15) is 10.4 Å². The van der Waals surface area contributed by atoms with E-state index in [0.29, 0.717) is 21.5 Å². The monoisotopic (exact) mass is 323 g/mol. The van der Waals surface area contributed by atoms with Crippen LogP contribution in [0.4, 0.5) is 5.82 Å². The number of hydrogen-bond donors (Lipinski definition) is 1. The molecule has 0 amide bonds. The molecule has 0 bridgehead atoms. The molecule has 3 nitrogen and oxygen atoms in total. The smallest absolute Gasteiger partial charge is 0.195 e. The molecule has 0 fully saturated rings. The van der Waals surface area contributed by atoms with Crippen molar-refractivity contribution >= 4 is 33.5 Å². The molecule has 2 rings (SSSR count). The van der Waals surface area contributed by atoms with Crippen LogP contribution in [0.3, 0.4) is 0 Å². The summed E-state index contributed by atoms with van der Waals surface area (Å²) in [4.78, 5) is 9.57. The normalized spacial score (nSPS) is 10.9. The number of aromatic nitrogens is 2. The van der Waals surface area contributed by atoms with Gasteiger partial charge >= 0.3 is 0 Å². The predicted octanol–water partition coefficient (Wildman–Crippen LogP) is 4.10. The maximum atomic E-state index is 5.68. The van der Waals surface area contributed by atoms with Gasteiger partial charge in [0.25, 0.3) is 0 Å². The third-order valence-electron chi connectivity index (χ3n) is 2.45. The molecule has 0 aliphatic heterocycles. The van der Waals surface area contributed by atoms with E-state index in [0.717, 1.165) is 4.90 Å². The third-order valence-corrected chi connectivity index (χ3v) is 3.73. The highest BCUT2D eigenvalue weighted by atomic mass is 79.9. The van der Waals surface area contributed by atoms with Crippen molar-refractivity contribution in [1.82, 2.24) is 9.97 Å². The van der Waals surface area contributed by atoms with Crippen LogP contribution in [0.15, 0.2) is 45.0 Å². The average molecular weight is 324 g/mol. The van der Waals surface area contributed by atoms with Gasteiger partial charge in [0.2, 0.25) is 0 Å². The summed E-state index contributed by atoms with van der Waals surface area (Å²) in [6.45, 7) is 4.36. The molecule has 0 saturated carbocycles. The molecule has 0 unspecified atom stereocenters. The van der Waals surface area contributed by atoms with Gasteiger partial charge in [-0.3, -0.25) is 0 Å². The molecular weight excluding hydrogens is 310 g/mol. The number of nitrogens with zero attached hydrogens (tertiary/aromatic N) is 2. The number of halogens is 1. The zero-order valence-electron chi connectivity index (χ0n) is 10.2. The molecule has 1 heterocycles. The van der Waals surface area contributed by atoms with Crippen LogP contribution in [0.1, 0.15) is 25.3 Å². The quantitative estimate of drug-likeness (QED) is 0.682. The lowest BCUT2D eigenvalue weighted by Gasteiger charge is -2.06. The number of hydrogen-bond acceptors (Lipinski definition) is 4. The standard InChI is InChI=1S/C13H14BrN3S/c1-8(2)9-3-5-10(6-4-9)18-13-16-11(14)7-12(15)17-13/h3-8H,1-2H3,(H2,15,16,17). The fourth-order valence-electron chi connectivity index (χ4n) is 1.49. The van der Waals surface area contributed by atoms with Crippen LogP contribution in [0.5, 0.6) is 0 Å². The van der Waals surface area contributed by atoms with Crippen molar-refractivity contribution in [3.63, 3.8) is 0 Å². The van der Waals surface area contributed by atoms with Crippen LogP contribution in [-0.2, 0) is 0 Å². The summed E-state index contributed by atoms with van der Waals surface area (Å²) in [7, 11) is 0. The molecule has 5 heteroatoms. The van der Waals surface area contributed by atoms with Gasteiger partial charge in [-0.05, 0) is 51.3 Å². The summed E-state index contributed by atoms with van der Waals surface area (Å²) < 4.78 is 0.705. The molecule has 1 aromatic carbocycles. The van der Waals surface area contributed by atoms with Crippen LogP contribution in [0.25, 0.3) is 0 Å². The van der Waals surface area contributed by atoms with Gasteiger partial charge in [0, 0.05) is 11.0 Å². The number of benzene rings is 1. The second-order valence-electron chi connectivity index (χ2n) is 4.22. The van der Waals surface area contributed by atoms with Crippen molar-refractivity contribution in [3.8, 4) is 0 Å². The first kappa shape index (κ1) is 13.4. The molecule has 94 valence electrons. The van der Waals surface area contributed by atoms with E-state index in [2.05, 4.69) is 64.0 Å². The molecule has 0 radical (unpaired) electrons. The molecule has 0 atom stereocenters. The van der Waals surface area contributed by atoms with Crippen LogP contribution in [-0.4, -0.2) is 9.97 Å². The Balaban J connectivity index is 2.18. The van der Waals surface area contributed by atoms with E-state index in [1.54, 1.807) is 6.07 Å². The molecule has 2 aromatic rings. The highest BCUT2D eigenvalue weighted by Gasteiger charge is 2.04. The maximum absolute atomic E-state index is 5.68. The lowest BCUT2D eigenvalue weighted by atomic mass is 10.0. The molecule has 1 aromatic heterocycles. The van der Waals surface area contributed by atoms with E-state index in [9.17, 15) is 0 Å². The molecule has 18 heavy (non-hydrogen) atoms. The Bertz CT molecular complexity index is 520. The summed E-state index contributed by atoms with van der Waals surface area (Å²) in [5.41, 5.74) is 7.01. The van der Waals surface area contributed by atoms with Crippen molar-refractivity contribution in [1.29, 1.82) is 0 Å². The van der Waals surface area contributed by atoms with Crippen molar-refractivity contribution in [3.05, 3.63) is 40.5 Å². The number of nitrogens with two attached hydrogens (primary N) is 1. The van der Waals surface area contributed by atoms with E-state index in [1.165, 1.54) is 17.3 Å². The third kappa shape index (κ3) is 3.46. The summed E-state index contributed by atoms with van der Waals surface area (Å²) in [5.74, 6) is 1.01. The first-order valence-electron chi connectivity index (χ1n) is 5.62. The number of rotatable bonds is 3. The Morgan fingerprint density at radius 2 is 1.83 bits per heavy atom. The Labute approximate surface area is 119 Å². The lowest BCUT2D eigenvalue weighted by Crippen LogP contribution is -1.94. The first-order valence-corrected chi connectivity index (χ1v) is 7.23. The summed E-state index contributed by atoms with van der Waals surface area (Å²) in [5, 5.41) is 0.652. The van der Waals surface area contributed by atoms with Gasteiger partial charge in [0.05, 0.1) is 0 Å². The van der Waals surface area contributed by atoms with Crippen molar-refractivity contribution in [2.24, 2.45) is 0 Å². The second-order valence-corrected chi connectivity index (χ2v) is 6.08. The summed E-state index contributed by atoms with van der Waals surface area (Å²) in [6, 6.07) is 10.1. The molecule has 0 aliphatic carbocycles. The van der Waals surface area contributed by atoms with Gasteiger partial charge in [-0.2, -0.15) is 0 Å². The number of anilines is 1. The van der Waals surface area contributed by atoms with Gasteiger partial charge in [-0.15, -0.1) is 0 Å². The zero-order chi connectivity index (χ0) is 13.1. The topological polar surface area (TPSA) is 51.8 Å². The predicted molar refractivity (Wildman–Crippen MR) is 78.8 cm³/mol. The first-order chi connectivity index (χ1) is 8.54. The van der Waals surface area contributed by atoms with Gasteiger partial charge in [-0.25, -0.2) is 9.97 Å². The largest absolute Gasteiger partial charge is 0.384 e. The Morgan fingerprint density at radius 1 is 1.17 bits per heavy atom. The zero-order valence-corrected chi connectivity index (χ0v) is 12.6. The van der Waals surface area contributed by atoms with E-state index < -0.39 is 0 Å². The maximum Gasteiger partial charge on any atom is 0.195 e. The van der Waals surface area contributed by atoms with Crippen LogP contribution in [0, 0.1) is 0 Å². The van der Waals surface area contributed by atoms with Gasteiger partial charge < -0.3 is 5.73 Å². The van der Waals surface area contributed by atoms with Crippen molar-refractivity contribution in [2.75, 3.05) is 5.73 Å². The molecule has 0 aliphatic rings. The summed E-state index contributed by atoms with van der Waals surface area (Å²) >= 11 is 4.82. The lowest BCUT2D eigenvalue weighted by molar-refractivity contribution is 0.864. The highest BCUT2D eigenvalue weighted by molar-refractivity contribution is 9.10. The van der Waals surface area contributed by atoms with Gasteiger partial charge in [0.15, 0.2) is 5.16 Å². The fraction of sp³-hybridized carbons (Fsp3) is 0.231. The summed E-state index contributed by atoms with van der Waals surface area (Å²) in [6.07, 6.45) is 0. The fourth-order valence-corrected chi connectivity index (χ4v) is 2.78. The Morgan fingerprint density at radius 3 is 2.39 bits per heavy atom. The molecule has 2 N–H and O–H groups in total. The van der Waals surface area contributed by atoms with E-state index in [1.807, 2.05) is 0 Å². The minimum absolute atomic E-state index is 0.471. The van der Waals surface area contributed by atoms with Crippen LogP contribution >= 0.6 is 27.7 Å². The van der Waals surface area contributed by atoms with Crippen molar-refractivity contribution < 1.29 is 0 Å². The van der Waals surface area contributed by atoms with Crippen LogP contribution in [0.2, 0.25) is 0 Å². The minimum Gasteiger partial charge on any atom is -0.384 e. The number of nitrogen functional groups attached to an aromatic ring is 1. The Kier molecular flexibility index (Phi) is 4.24. The van der Waals surface area contributed by atoms with Crippen molar-refractivity contribution in [2.45, 2.75) is 29.8 Å².